The third-order valence-corrected chi connectivity index (χ3v) is 7.87. The van der Waals surface area contributed by atoms with Crippen LogP contribution in [0.25, 0.3) is 71.7 Å². The maximum Gasteiger partial charge on any atom is 0.143 e. The Morgan fingerprint density at radius 1 is 0.475 bits per heavy atom. The molecule has 3 heteroatoms. The molecule has 0 atom stereocenters. The number of hydrogen-bond acceptors (Lipinski definition) is 2. The standard InChI is InChI=1S/C37H22N2O/c38-23-24-11-9-17-30(36(24)39-33-20-6-3-14-27(33)28-15-4-7-21-34(28)39)25-12-1-2-13-26(25)31-18-10-19-32-29-16-5-8-22-35(29)40-37(31)32/h1-22H. The van der Waals surface area contributed by atoms with E-state index in [1.807, 2.05) is 30.3 Å². The van der Waals surface area contributed by atoms with Crippen LogP contribution in [0, 0.1) is 11.3 Å². The number of rotatable bonds is 3. The van der Waals surface area contributed by atoms with E-state index in [2.05, 4.69) is 114 Å². The zero-order valence-corrected chi connectivity index (χ0v) is 21.5. The van der Waals surface area contributed by atoms with E-state index in [9.17, 15) is 5.26 Å². The van der Waals surface area contributed by atoms with E-state index in [0.29, 0.717) is 5.56 Å². The summed E-state index contributed by atoms with van der Waals surface area (Å²) in [6.45, 7) is 0. The average molecular weight is 511 g/mol. The Hall–Kier alpha value is -5.59. The lowest BCUT2D eigenvalue weighted by Gasteiger charge is -2.18. The molecule has 0 saturated carbocycles. The summed E-state index contributed by atoms with van der Waals surface area (Å²) in [5, 5.41) is 14.9. The van der Waals surface area contributed by atoms with Crippen molar-refractivity contribution in [3.05, 3.63) is 139 Å². The summed E-state index contributed by atoms with van der Waals surface area (Å²) in [6, 6.07) is 48.2. The molecular weight excluding hydrogens is 488 g/mol. The van der Waals surface area contributed by atoms with E-state index in [0.717, 1.165) is 71.7 Å². The van der Waals surface area contributed by atoms with Crippen molar-refractivity contribution in [2.24, 2.45) is 0 Å². The molecule has 0 bridgehead atoms. The SMILES string of the molecule is N#Cc1cccc(-c2ccccc2-c2cccc3c2oc2ccccc23)c1-n1c2ccccc2c2ccccc21. The number of nitriles is 1. The second-order valence-electron chi connectivity index (χ2n) is 10.0. The fourth-order valence-electron chi connectivity index (χ4n) is 6.17. The summed E-state index contributed by atoms with van der Waals surface area (Å²) < 4.78 is 8.68. The van der Waals surface area contributed by atoms with E-state index >= 15 is 0 Å². The fourth-order valence-corrected chi connectivity index (χ4v) is 6.17. The molecule has 3 nitrogen and oxygen atoms in total. The van der Waals surface area contributed by atoms with Crippen molar-refractivity contribution >= 4 is 43.7 Å². The predicted octanol–water partition coefficient (Wildman–Crippen LogP) is 9.89. The maximum atomic E-state index is 10.4. The third-order valence-electron chi connectivity index (χ3n) is 7.87. The second-order valence-corrected chi connectivity index (χ2v) is 10.0. The largest absolute Gasteiger partial charge is 0.455 e. The lowest BCUT2D eigenvalue weighted by atomic mass is 9.91. The Balaban J connectivity index is 1.47. The predicted molar refractivity (Wildman–Crippen MR) is 164 cm³/mol. The first-order valence-corrected chi connectivity index (χ1v) is 13.4. The van der Waals surface area contributed by atoms with Gasteiger partial charge in [-0.25, -0.2) is 0 Å². The van der Waals surface area contributed by atoms with Crippen molar-refractivity contribution in [1.29, 1.82) is 5.26 Å². The van der Waals surface area contributed by atoms with Gasteiger partial charge >= 0.3 is 0 Å². The molecule has 8 aromatic rings. The van der Waals surface area contributed by atoms with Crippen LogP contribution in [0.5, 0.6) is 0 Å². The van der Waals surface area contributed by atoms with Crippen LogP contribution >= 0.6 is 0 Å². The molecular formula is C37H22N2O. The topological polar surface area (TPSA) is 41.9 Å². The summed E-state index contributed by atoms with van der Waals surface area (Å²) >= 11 is 0. The fraction of sp³-hybridized carbons (Fsp3) is 0. The van der Waals surface area contributed by atoms with Gasteiger partial charge in [0.2, 0.25) is 0 Å². The average Bonchev–Trinajstić information content (AvgIpc) is 3.57. The van der Waals surface area contributed by atoms with Crippen LogP contribution in [0.2, 0.25) is 0 Å². The van der Waals surface area contributed by atoms with E-state index in [-0.39, 0.29) is 0 Å². The van der Waals surface area contributed by atoms with Crippen molar-refractivity contribution < 1.29 is 4.42 Å². The zero-order valence-electron chi connectivity index (χ0n) is 21.5. The van der Waals surface area contributed by atoms with Crippen LogP contribution in [-0.2, 0) is 0 Å². The first kappa shape index (κ1) is 22.4. The summed E-state index contributed by atoms with van der Waals surface area (Å²) in [6.07, 6.45) is 0. The highest BCUT2D eigenvalue weighted by Crippen LogP contribution is 2.43. The molecule has 40 heavy (non-hydrogen) atoms. The molecule has 2 heterocycles. The van der Waals surface area contributed by atoms with E-state index in [1.54, 1.807) is 0 Å². The minimum atomic E-state index is 0.626. The quantitative estimate of drug-likeness (QED) is 0.237. The monoisotopic (exact) mass is 510 g/mol. The maximum absolute atomic E-state index is 10.4. The van der Waals surface area contributed by atoms with Crippen LogP contribution in [0.3, 0.4) is 0 Å². The first-order valence-electron chi connectivity index (χ1n) is 13.4. The molecule has 0 N–H and O–H groups in total. The minimum absolute atomic E-state index is 0.626. The summed E-state index contributed by atoms with van der Waals surface area (Å²) in [5.41, 5.74) is 9.52. The first-order chi connectivity index (χ1) is 19.8. The number of para-hydroxylation sites is 5. The number of hydrogen-bond donors (Lipinski definition) is 0. The molecule has 0 saturated heterocycles. The van der Waals surface area contributed by atoms with Crippen molar-refractivity contribution in [1.82, 2.24) is 4.57 Å². The third kappa shape index (κ3) is 3.17. The van der Waals surface area contributed by atoms with Crippen molar-refractivity contribution in [3.63, 3.8) is 0 Å². The zero-order chi connectivity index (χ0) is 26.6. The molecule has 0 aliphatic rings. The Morgan fingerprint density at radius 3 is 1.73 bits per heavy atom. The van der Waals surface area contributed by atoms with Crippen LogP contribution in [0.15, 0.2) is 138 Å². The highest BCUT2D eigenvalue weighted by atomic mass is 16.3. The Morgan fingerprint density at radius 2 is 1.00 bits per heavy atom. The molecule has 2 aromatic heterocycles. The molecule has 0 fully saturated rings. The highest BCUT2D eigenvalue weighted by molar-refractivity contribution is 6.12. The van der Waals surface area contributed by atoms with Gasteiger partial charge in [-0.05, 0) is 35.4 Å². The number of benzene rings is 6. The van der Waals surface area contributed by atoms with Crippen LogP contribution in [0.1, 0.15) is 5.56 Å². The van der Waals surface area contributed by atoms with Crippen LogP contribution in [-0.4, -0.2) is 4.57 Å². The highest BCUT2D eigenvalue weighted by Gasteiger charge is 2.21. The van der Waals surface area contributed by atoms with Gasteiger partial charge < -0.3 is 8.98 Å². The molecule has 0 aliphatic carbocycles. The van der Waals surface area contributed by atoms with E-state index < -0.39 is 0 Å². The van der Waals surface area contributed by atoms with Gasteiger partial charge in [0.25, 0.3) is 0 Å². The van der Waals surface area contributed by atoms with Gasteiger partial charge in [-0.2, -0.15) is 5.26 Å². The number of furan rings is 1. The molecule has 0 radical (unpaired) electrons. The minimum Gasteiger partial charge on any atom is -0.455 e. The van der Waals surface area contributed by atoms with Crippen LogP contribution in [0.4, 0.5) is 0 Å². The smallest absolute Gasteiger partial charge is 0.143 e. The Kier molecular flexibility index (Phi) is 4.89. The number of fused-ring (bicyclic) bond motifs is 6. The summed E-state index contributed by atoms with van der Waals surface area (Å²) in [4.78, 5) is 0. The normalized spacial score (nSPS) is 11.5. The van der Waals surface area contributed by atoms with Gasteiger partial charge in [-0.1, -0.05) is 109 Å². The molecule has 0 spiro atoms. The van der Waals surface area contributed by atoms with Gasteiger partial charge in [0, 0.05) is 32.7 Å². The lowest BCUT2D eigenvalue weighted by Crippen LogP contribution is -2.01. The molecule has 0 amide bonds. The lowest BCUT2D eigenvalue weighted by molar-refractivity contribution is 0.670. The van der Waals surface area contributed by atoms with Crippen molar-refractivity contribution in [2.45, 2.75) is 0 Å². The van der Waals surface area contributed by atoms with Crippen LogP contribution < -0.4 is 0 Å². The molecule has 0 aliphatic heterocycles. The molecule has 8 rings (SSSR count). The molecule has 0 unspecified atom stereocenters. The molecule has 6 aromatic carbocycles. The van der Waals surface area contributed by atoms with Crippen molar-refractivity contribution in [2.75, 3.05) is 0 Å². The van der Waals surface area contributed by atoms with Gasteiger partial charge in [0.15, 0.2) is 0 Å². The van der Waals surface area contributed by atoms with Crippen molar-refractivity contribution in [3.8, 4) is 34.0 Å². The number of nitrogens with zero attached hydrogens (tertiary/aromatic N) is 2. The van der Waals surface area contributed by atoms with Gasteiger partial charge in [0.1, 0.15) is 17.2 Å². The Bertz CT molecular complexity index is 2240. The second kappa shape index (κ2) is 8.73. The van der Waals surface area contributed by atoms with E-state index in [4.69, 9.17) is 4.42 Å². The van der Waals surface area contributed by atoms with Gasteiger partial charge in [0.05, 0.1) is 22.3 Å². The molecule has 186 valence electrons. The summed E-state index contributed by atoms with van der Waals surface area (Å²) in [5.74, 6) is 0. The summed E-state index contributed by atoms with van der Waals surface area (Å²) in [7, 11) is 0. The Labute approximate surface area is 230 Å². The number of aromatic nitrogens is 1. The van der Waals surface area contributed by atoms with E-state index in [1.165, 1.54) is 0 Å². The van der Waals surface area contributed by atoms with Gasteiger partial charge in [-0.3, -0.25) is 0 Å². The van der Waals surface area contributed by atoms with Gasteiger partial charge in [-0.15, -0.1) is 0 Å².